The second-order valence-electron chi connectivity index (χ2n) is 24.4. The Morgan fingerprint density at radius 1 is 0.761 bits per heavy atom. The van der Waals surface area contributed by atoms with Crippen molar-refractivity contribution in [2.45, 2.75) is 134 Å². The van der Waals surface area contributed by atoms with E-state index in [4.69, 9.17) is 36.3 Å². The number of carbonyl (C=O) groups excluding carboxylic acids is 9. The maximum absolute atomic E-state index is 14.3. The number of carbonyl (C=O) groups is 9. The van der Waals surface area contributed by atoms with E-state index in [0.717, 1.165) is 39.2 Å². The van der Waals surface area contributed by atoms with Gasteiger partial charge >= 0.3 is 12.2 Å². The first-order valence-corrected chi connectivity index (χ1v) is 32.5. The lowest BCUT2D eigenvalue weighted by Crippen LogP contribution is -2.54. The minimum Gasteiger partial charge on any atom is -0.493 e. The number of benzene rings is 4. The molecular formula is C67H85ClN10O14. The van der Waals surface area contributed by atoms with Crippen molar-refractivity contribution < 1.29 is 67.2 Å². The Hall–Kier alpha value is -8.32. The van der Waals surface area contributed by atoms with Crippen LogP contribution >= 0.6 is 11.6 Å². The average molecular weight is 1290 g/mol. The lowest BCUT2D eigenvalue weighted by atomic mass is 9.95. The van der Waals surface area contributed by atoms with Gasteiger partial charge in [-0.25, -0.2) is 14.5 Å². The molecular weight excluding hydrogens is 1200 g/mol. The molecule has 9 rings (SSSR count). The first-order valence-electron chi connectivity index (χ1n) is 32.0. The van der Waals surface area contributed by atoms with Crippen molar-refractivity contribution in [1.82, 2.24) is 30.2 Å². The molecule has 25 heteroatoms. The van der Waals surface area contributed by atoms with Gasteiger partial charge in [-0.2, -0.15) is 0 Å². The fourth-order valence-electron chi connectivity index (χ4n) is 12.4. The fraction of sp³-hybridized carbons (Fsp3) is 0.507. The second kappa shape index (κ2) is 31.8. The van der Waals surface area contributed by atoms with Gasteiger partial charge in [0, 0.05) is 106 Å². The van der Waals surface area contributed by atoms with E-state index >= 15 is 0 Å². The molecule has 6 N–H and O–H groups in total. The van der Waals surface area contributed by atoms with Gasteiger partial charge in [0.2, 0.25) is 23.6 Å². The number of anilines is 3. The minimum atomic E-state index is -1.48. The van der Waals surface area contributed by atoms with E-state index in [1.807, 2.05) is 31.3 Å². The normalized spacial score (nSPS) is 18.5. The Morgan fingerprint density at radius 2 is 1.47 bits per heavy atom. The Morgan fingerprint density at radius 3 is 2.17 bits per heavy atom. The number of piperazine rings is 1. The number of rotatable bonds is 28. The van der Waals surface area contributed by atoms with Gasteiger partial charge in [0.25, 0.3) is 17.7 Å². The third-order valence-electron chi connectivity index (χ3n) is 17.6. The molecule has 24 nitrogen and oxygen atoms in total. The SMILES string of the molecule is COc1cc2c(cc1OCCCCCC(=O)N1C[C@@H](CCl)c3c1cc(OC(=O)N1CCN(C)CC1)c1ccccc31)N(C(=O)OCc1ccc(NC(=O)C(CCCCN)NC(=O)C(NC(=O)CCCCCN3C(=O)C=CC3=O)C(C)C)cc1)C(O)[C@@H]1CCCN1C2=O. The molecule has 4 aromatic carbocycles. The van der Waals surface area contributed by atoms with Gasteiger partial charge in [0.15, 0.2) is 17.7 Å². The number of amides is 9. The van der Waals surface area contributed by atoms with E-state index in [-0.39, 0.29) is 97.2 Å². The summed E-state index contributed by atoms with van der Waals surface area (Å²) in [6, 6.07) is 16.4. The maximum atomic E-state index is 14.3. The molecule has 0 saturated carbocycles. The van der Waals surface area contributed by atoms with Crippen LogP contribution in [0.2, 0.25) is 0 Å². The number of aliphatic hydroxyl groups excluding tert-OH is 1. The third-order valence-corrected chi connectivity index (χ3v) is 18.0. The van der Waals surface area contributed by atoms with E-state index in [9.17, 15) is 48.3 Å². The van der Waals surface area contributed by atoms with E-state index in [0.29, 0.717) is 125 Å². The molecule has 4 aromatic rings. The highest BCUT2D eigenvalue weighted by atomic mass is 35.5. The fourth-order valence-corrected chi connectivity index (χ4v) is 12.7. The van der Waals surface area contributed by atoms with Crippen LogP contribution < -0.4 is 45.7 Å². The van der Waals surface area contributed by atoms with Crippen molar-refractivity contribution in [2.24, 2.45) is 11.7 Å². The number of nitrogens with zero attached hydrogens (tertiary/aromatic N) is 6. The Labute approximate surface area is 540 Å². The summed E-state index contributed by atoms with van der Waals surface area (Å²) in [6.45, 7) is 7.49. The van der Waals surface area contributed by atoms with Crippen molar-refractivity contribution in [3.8, 4) is 17.2 Å². The van der Waals surface area contributed by atoms with Gasteiger partial charge in [0.1, 0.15) is 24.4 Å². The Bertz CT molecular complexity index is 3380. The number of ether oxygens (including phenoxy) is 4. The lowest BCUT2D eigenvalue weighted by molar-refractivity contribution is -0.137. The summed E-state index contributed by atoms with van der Waals surface area (Å²) in [4.78, 5) is 130. The van der Waals surface area contributed by atoms with E-state index in [1.165, 1.54) is 31.4 Å². The van der Waals surface area contributed by atoms with Crippen LogP contribution in [-0.2, 0) is 40.1 Å². The highest BCUT2D eigenvalue weighted by molar-refractivity contribution is 6.19. The summed E-state index contributed by atoms with van der Waals surface area (Å²) in [5.74, 6) is -1.86. The number of alkyl halides is 1. The number of hydrogen-bond acceptors (Lipinski definition) is 16. The molecule has 5 heterocycles. The number of methoxy groups -OCH3 is 1. The average Bonchev–Trinajstić information content (AvgIpc) is 1.57. The maximum Gasteiger partial charge on any atom is 0.416 e. The first-order chi connectivity index (χ1) is 44.4. The van der Waals surface area contributed by atoms with Crippen molar-refractivity contribution in [3.05, 3.63) is 95.6 Å². The molecule has 9 amide bonds. The second-order valence-corrected chi connectivity index (χ2v) is 24.7. The molecule has 0 bridgehead atoms. The molecule has 2 saturated heterocycles. The van der Waals surface area contributed by atoms with Crippen molar-refractivity contribution >= 4 is 93.0 Å². The van der Waals surface area contributed by atoms with Crippen molar-refractivity contribution in [3.63, 3.8) is 0 Å². The zero-order valence-corrected chi connectivity index (χ0v) is 53.6. The summed E-state index contributed by atoms with van der Waals surface area (Å²) >= 11 is 6.56. The molecule has 0 aromatic heterocycles. The molecule has 0 aliphatic carbocycles. The molecule has 92 heavy (non-hydrogen) atoms. The highest BCUT2D eigenvalue weighted by Crippen LogP contribution is 2.47. The third kappa shape index (κ3) is 16.3. The van der Waals surface area contributed by atoms with E-state index in [1.54, 1.807) is 58.9 Å². The van der Waals surface area contributed by atoms with Crippen LogP contribution in [0.15, 0.2) is 78.9 Å². The molecule has 2 fully saturated rings. The summed E-state index contributed by atoms with van der Waals surface area (Å²) in [6.07, 6.45) is 5.70. The number of fused-ring (bicyclic) bond motifs is 5. The van der Waals surface area contributed by atoms with E-state index in [2.05, 4.69) is 20.9 Å². The molecule has 5 atom stereocenters. The molecule has 3 unspecified atom stereocenters. The predicted octanol–water partition coefficient (Wildman–Crippen LogP) is 7.16. The monoisotopic (exact) mass is 1290 g/mol. The molecule has 0 radical (unpaired) electrons. The smallest absolute Gasteiger partial charge is 0.416 e. The van der Waals surface area contributed by atoms with Crippen molar-refractivity contribution in [1.29, 1.82) is 0 Å². The van der Waals surface area contributed by atoms with Crippen LogP contribution in [0.25, 0.3) is 10.8 Å². The van der Waals surface area contributed by atoms with Gasteiger partial charge in [0.05, 0.1) is 36.7 Å². The number of nitrogens with one attached hydrogen (secondary N) is 3. The number of hydrogen-bond donors (Lipinski definition) is 5. The van der Waals surface area contributed by atoms with Gasteiger partial charge in [-0.05, 0) is 118 Å². The molecule has 5 aliphatic rings. The van der Waals surface area contributed by atoms with Crippen LogP contribution in [0.3, 0.4) is 0 Å². The number of likely N-dealkylation sites (N-methyl/N-ethyl adjacent to an activating group) is 1. The topological polar surface area (TPSA) is 292 Å². The Balaban J connectivity index is 0.791. The minimum absolute atomic E-state index is 0.0700. The van der Waals surface area contributed by atoms with Crippen LogP contribution in [0.1, 0.15) is 125 Å². The zero-order valence-electron chi connectivity index (χ0n) is 52.8. The molecule has 494 valence electrons. The van der Waals surface area contributed by atoms with Gasteiger partial charge < -0.3 is 65.3 Å². The predicted molar refractivity (Wildman–Crippen MR) is 346 cm³/mol. The van der Waals surface area contributed by atoms with Crippen molar-refractivity contribution in [2.75, 3.05) is 94.1 Å². The summed E-state index contributed by atoms with van der Waals surface area (Å²) in [7, 11) is 3.46. The quantitative estimate of drug-likeness (QED) is 0.0214. The number of aliphatic hydroxyl groups is 1. The van der Waals surface area contributed by atoms with Gasteiger partial charge in [-0.15, -0.1) is 11.6 Å². The largest absolute Gasteiger partial charge is 0.493 e. The summed E-state index contributed by atoms with van der Waals surface area (Å²) < 4.78 is 23.9. The first kappa shape index (κ1) is 68.1. The number of unbranched alkanes of at least 4 members (excludes halogenated alkanes) is 5. The Kier molecular flexibility index (Phi) is 23.5. The van der Waals surface area contributed by atoms with Crippen LogP contribution in [0, 0.1) is 5.92 Å². The number of imide groups is 1. The summed E-state index contributed by atoms with van der Waals surface area (Å²) in [5, 5.41) is 22.1. The van der Waals surface area contributed by atoms with E-state index < -0.39 is 54.3 Å². The van der Waals surface area contributed by atoms with Crippen LogP contribution in [0.4, 0.5) is 26.7 Å². The van der Waals surface area contributed by atoms with Gasteiger partial charge in [-0.1, -0.05) is 56.7 Å². The molecule has 5 aliphatic heterocycles. The standard InChI is InChI=1S/C67H85ClN10O14/c1-42(2)61(72-56(79)20-7-5-13-29-76-58(81)26-27-59(76)82)63(84)71-49(18-11-12-28-69)62(83)70-45-24-22-43(23-25-45)41-91-67(88)78-51-37-55(54(89-4)36-48(51)64(85)75-30-15-19-50(75)65(78)86)90-35-14-6-8-21-57(80)77-40-44(39-68)60-47-17-10-9-16-46(47)53(38-52(60)77)92-66(87)74-33-31-73(3)32-34-74/h9-10,16-17,22-27,36-38,42,44,49-50,61,65,86H,5-8,11-15,18-21,28-35,39-41,69H2,1-4H3,(H,70,83)(H,71,84)(H,72,79)/t44-,49?,50+,61?,65?/m1/s1. The highest BCUT2D eigenvalue weighted by Gasteiger charge is 2.46. The zero-order chi connectivity index (χ0) is 65.6. The lowest BCUT2D eigenvalue weighted by Gasteiger charge is -2.31. The summed E-state index contributed by atoms with van der Waals surface area (Å²) in [5.41, 5.74) is 8.50. The van der Waals surface area contributed by atoms with Gasteiger partial charge in [-0.3, -0.25) is 38.5 Å². The van der Waals surface area contributed by atoms with Crippen LogP contribution in [-0.4, -0.2) is 182 Å². The number of nitrogens with two attached hydrogens (primary N) is 1. The van der Waals surface area contributed by atoms with Crippen LogP contribution in [0.5, 0.6) is 17.2 Å². The number of halogens is 1. The molecule has 0 spiro atoms.